The molecular formula is C12H17N3O2. The molecular weight excluding hydrogens is 218 g/mol. The Labute approximate surface area is 100 Å². The first-order valence-electron chi connectivity index (χ1n) is 5.51. The summed E-state index contributed by atoms with van der Waals surface area (Å²) in [6.07, 6.45) is 1.79. The van der Waals surface area contributed by atoms with E-state index in [9.17, 15) is 9.59 Å². The number of anilines is 1. The molecule has 0 atom stereocenters. The van der Waals surface area contributed by atoms with E-state index in [1.807, 2.05) is 0 Å². The fourth-order valence-electron chi connectivity index (χ4n) is 1.36. The lowest BCUT2D eigenvalue weighted by Crippen LogP contribution is -2.24. The lowest BCUT2D eigenvalue weighted by atomic mass is 10.2. The van der Waals surface area contributed by atoms with Crippen LogP contribution in [0, 0.1) is 0 Å². The van der Waals surface area contributed by atoms with Crippen molar-refractivity contribution >= 4 is 17.5 Å². The lowest BCUT2D eigenvalue weighted by Gasteiger charge is -2.04. The molecule has 1 rings (SSSR count). The summed E-state index contributed by atoms with van der Waals surface area (Å²) in [5.74, 6) is -0.445. The minimum Gasteiger partial charge on any atom is -0.399 e. The number of rotatable bonds is 6. The van der Waals surface area contributed by atoms with E-state index in [-0.39, 0.29) is 11.8 Å². The molecule has 0 unspecified atom stereocenters. The molecule has 5 nitrogen and oxygen atoms in total. The topological polar surface area (TPSA) is 98.2 Å². The Morgan fingerprint density at radius 1 is 1.12 bits per heavy atom. The number of carbonyl (C=O) groups excluding carboxylic acids is 2. The van der Waals surface area contributed by atoms with Crippen LogP contribution in [0.15, 0.2) is 24.3 Å². The van der Waals surface area contributed by atoms with Crippen molar-refractivity contribution in [3.63, 3.8) is 0 Å². The van der Waals surface area contributed by atoms with Crippen molar-refractivity contribution in [2.75, 3.05) is 12.3 Å². The molecule has 0 spiro atoms. The summed E-state index contributed by atoms with van der Waals surface area (Å²) in [5, 5.41) is 2.76. The molecule has 0 fully saturated rings. The van der Waals surface area contributed by atoms with E-state index in [4.69, 9.17) is 11.5 Å². The molecule has 1 aromatic rings. The summed E-state index contributed by atoms with van der Waals surface area (Å²) >= 11 is 0. The fraction of sp³-hybridized carbons (Fsp3) is 0.333. The van der Waals surface area contributed by atoms with Crippen LogP contribution in [0.2, 0.25) is 0 Å². The Morgan fingerprint density at radius 3 is 2.35 bits per heavy atom. The summed E-state index contributed by atoms with van der Waals surface area (Å²) in [7, 11) is 0. The van der Waals surface area contributed by atoms with Crippen molar-refractivity contribution < 1.29 is 9.59 Å². The number of hydrogen-bond donors (Lipinski definition) is 3. The summed E-state index contributed by atoms with van der Waals surface area (Å²) in [5.41, 5.74) is 11.7. The highest BCUT2D eigenvalue weighted by atomic mass is 16.2. The standard InChI is InChI=1S/C12H17N3O2/c13-10-6-4-9(5-7-10)12(17)15-8-2-1-3-11(14)16/h4-7H,1-3,8,13H2,(H2,14,16)(H,15,17). The van der Waals surface area contributed by atoms with Crippen LogP contribution in [-0.4, -0.2) is 18.4 Å². The summed E-state index contributed by atoms with van der Waals surface area (Å²) in [6, 6.07) is 6.71. The van der Waals surface area contributed by atoms with Gasteiger partial charge in [0.25, 0.3) is 5.91 Å². The predicted octanol–water partition coefficient (Wildman–Crippen LogP) is 0.654. The van der Waals surface area contributed by atoms with Gasteiger partial charge in [0, 0.05) is 24.2 Å². The largest absolute Gasteiger partial charge is 0.399 e. The van der Waals surface area contributed by atoms with Gasteiger partial charge in [-0.05, 0) is 37.1 Å². The molecule has 0 aliphatic carbocycles. The molecule has 0 aliphatic rings. The van der Waals surface area contributed by atoms with E-state index in [2.05, 4.69) is 5.32 Å². The summed E-state index contributed by atoms with van der Waals surface area (Å²) in [4.78, 5) is 22.1. The van der Waals surface area contributed by atoms with E-state index >= 15 is 0 Å². The predicted molar refractivity (Wildman–Crippen MR) is 66.2 cm³/mol. The Hall–Kier alpha value is -2.04. The van der Waals surface area contributed by atoms with Gasteiger partial charge in [0.2, 0.25) is 5.91 Å². The molecule has 0 aromatic heterocycles. The van der Waals surface area contributed by atoms with Crippen LogP contribution < -0.4 is 16.8 Å². The number of carbonyl (C=O) groups is 2. The van der Waals surface area contributed by atoms with Crippen molar-refractivity contribution in [3.05, 3.63) is 29.8 Å². The van der Waals surface area contributed by atoms with Gasteiger partial charge in [-0.1, -0.05) is 0 Å². The Kier molecular flexibility index (Phi) is 5.00. The smallest absolute Gasteiger partial charge is 0.251 e. The van der Waals surface area contributed by atoms with Crippen LogP contribution in [0.4, 0.5) is 5.69 Å². The number of nitrogens with one attached hydrogen (secondary N) is 1. The second-order valence-electron chi connectivity index (χ2n) is 3.80. The first-order valence-corrected chi connectivity index (χ1v) is 5.51. The van der Waals surface area contributed by atoms with E-state index in [0.29, 0.717) is 30.6 Å². The van der Waals surface area contributed by atoms with Crippen LogP contribution in [0.5, 0.6) is 0 Å². The highest BCUT2D eigenvalue weighted by Gasteiger charge is 2.03. The number of unbranched alkanes of at least 4 members (excludes halogenated alkanes) is 1. The maximum Gasteiger partial charge on any atom is 0.251 e. The minimum atomic E-state index is -0.310. The molecule has 0 heterocycles. The van der Waals surface area contributed by atoms with Crippen molar-refractivity contribution in [2.24, 2.45) is 5.73 Å². The van der Waals surface area contributed by atoms with Gasteiger partial charge in [-0.3, -0.25) is 9.59 Å². The third kappa shape index (κ3) is 5.01. The normalized spacial score (nSPS) is 9.88. The van der Waals surface area contributed by atoms with Crippen LogP contribution >= 0.6 is 0 Å². The second kappa shape index (κ2) is 6.52. The lowest BCUT2D eigenvalue weighted by molar-refractivity contribution is -0.118. The van der Waals surface area contributed by atoms with Gasteiger partial charge in [0.05, 0.1) is 0 Å². The van der Waals surface area contributed by atoms with E-state index < -0.39 is 0 Å². The van der Waals surface area contributed by atoms with E-state index in [1.54, 1.807) is 24.3 Å². The van der Waals surface area contributed by atoms with Crippen LogP contribution in [0.25, 0.3) is 0 Å². The third-order valence-electron chi connectivity index (χ3n) is 2.31. The first-order chi connectivity index (χ1) is 8.09. The van der Waals surface area contributed by atoms with Crippen LogP contribution in [-0.2, 0) is 4.79 Å². The van der Waals surface area contributed by atoms with Gasteiger partial charge in [-0.15, -0.1) is 0 Å². The molecule has 5 heteroatoms. The molecule has 0 radical (unpaired) electrons. The minimum absolute atomic E-state index is 0.135. The SMILES string of the molecule is NC(=O)CCCCNC(=O)c1ccc(N)cc1. The first kappa shape index (κ1) is 13.0. The van der Waals surface area contributed by atoms with Crippen LogP contribution in [0.3, 0.4) is 0 Å². The average Bonchev–Trinajstić information content (AvgIpc) is 2.29. The molecule has 0 saturated carbocycles. The Morgan fingerprint density at radius 2 is 1.76 bits per heavy atom. The Balaban J connectivity index is 2.25. The molecule has 0 aliphatic heterocycles. The number of amides is 2. The zero-order chi connectivity index (χ0) is 12.7. The maximum atomic E-state index is 11.6. The highest BCUT2D eigenvalue weighted by molar-refractivity contribution is 5.94. The van der Waals surface area contributed by atoms with E-state index in [0.717, 1.165) is 6.42 Å². The molecule has 0 saturated heterocycles. The molecule has 17 heavy (non-hydrogen) atoms. The molecule has 5 N–H and O–H groups in total. The number of primary amides is 1. The van der Waals surface area contributed by atoms with Crippen molar-refractivity contribution in [3.8, 4) is 0 Å². The zero-order valence-corrected chi connectivity index (χ0v) is 9.61. The molecule has 1 aromatic carbocycles. The molecule has 0 bridgehead atoms. The monoisotopic (exact) mass is 235 g/mol. The molecule has 2 amide bonds. The average molecular weight is 235 g/mol. The van der Waals surface area contributed by atoms with Gasteiger partial charge < -0.3 is 16.8 Å². The van der Waals surface area contributed by atoms with Crippen molar-refractivity contribution in [1.82, 2.24) is 5.32 Å². The molecule has 92 valence electrons. The van der Waals surface area contributed by atoms with Gasteiger partial charge in [-0.2, -0.15) is 0 Å². The van der Waals surface area contributed by atoms with Gasteiger partial charge in [-0.25, -0.2) is 0 Å². The van der Waals surface area contributed by atoms with Crippen molar-refractivity contribution in [1.29, 1.82) is 0 Å². The van der Waals surface area contributed by atoms with Crippen molar-refractivity contribution in [2.45, 2.75) is 19.3 Å². The highest BCUT2D eigenvalue weighted by Crippen LogP contribution is 2.05. The number of nitrogen functional groups attached to an aromatic ring is 1. The summed E-state index contributed by atoms with van der Waals surface area (Å²) < 4.78 is 0. The number of hydrogen-bond acceptors (Lipinski definition) is 3. The maximum absolute atomic E-state index is 11.6. The van der Waals surface area contributed by atoms with Gasteiger partial charge >= 0.3 is 0 Å². The van der Waals surface area contributed by atoms with Gasteiger partial charge in [0.15, 0.2) is 0 Å². The second-order valence-corrected chi connectivity index (χ2v) is 3.80. The number of benzene rings is 1. The fourth-order valence-corrected chi connectivity index (χ4v) is 1.36. The van der Waals surface area contributed by atoms with Crippen LogP contribution in [0.1, 0.15) is 29.6 Å². The zero-order valence-electron chi connectivity index (χ0n) is 9.61. The summed E-state index contributed by atoms with van der Waals surface area (Å²) in [6.45, 7) is 0.538. The third-order valence-corrected chi connectivity index (χ3v) is 2.31. The number of nitrogens with two attached hydrogens (primary N) is 2. The Bertz CT molecular complexity index is 387. The van der Waals surface area contributed by atoms with E-state index in [1.165, 1.54) is 0 Å². The van der Waals surface area contributed by atoms with Gasteiger partial charge in [0.1, 0.15) is 0 Å². The quantitative estimate of drug-likeness (QED) is 0.499.